The number of benzene rings is 1. The van der Waals surface area contributed by atoms with Crippen LogP contribution in [-0.2, 0) is 10.0 Å². The van der Waals surface area contributed by atoms with Gasteiger partial charge in [-0.05, 0) is 19.1 Å². The molecule has 0 spiro atoms. The van der Waals surface area contributed by atoms with E-state index in [-0.39, 0.29) is 12.1 Å². The molecule has 0 saturated carbocycles. The predicted octanol–water partition coefficient (Wildman–Crippen LogP) is 1.13. The van der Waals surface area contributed by atoms with E-state index in [4.69, 9.17) is 0 Å². The molecule has 24 heavy (non-hydrogen) atoms. The number of urea groups is 1. The van der Waals surface area contributed by atoms with E-state index in [2.05, 4.69) is 15.3 Å². The monoisotopic (exact) mass is 349 g/mol. The number of carbonyl (C=O) groups is 1. The number of rotatable bonds is 2. The first-order valence-corrected chi connectivity index (χ1v) is 9.43. The van der Waals surface area contributed by atoms with E-state index >= 15 is 0 Å². The molecule has 1 aromatic heterocycles. The number of aromatic nitrogens is 2. The minimum absolute atomic E-state index is 0.258. The minimum Gasteiger partial charge on any atom is -0.322 e. The molecule has 1 aromatic carbocycles. The fraction of sp³-hybridized carbons (Fsp3) is 0.400. The van der Waals surface area contributed by atoms with Crippen LogP contribution >= 0.6 is 0 Å². The van der Waals surface area contributed by atoms with Gasteiger partial charge in [0.1, 0.15) is 5.52 Å². The summed E-state index contributed by atoms with van der Waals surface area (Å²) in [4.78, 5) is 22.6. The summed E-state index contributed by atoms with van der Waals surface area (Å²) in [6.07, 6.45) is 4.36. The average Bonchev–Trinajstić information content (AvgIpc) is 2.54. The van der Waals surface area contributed by atoms with Crippen molar-refractivity contribution < 1.29 is 13.2 Å². The van der Waals surface area contributed by atoms with Crippen molar-refractivity contribution in [3.63, 3.8) is 0 Å². The van der Waals surface area contributed by atoms with Crippen molar-refractivity contribution in [2.24, 2.45) is 0 Å². The van der Waals surface area contributed by atoms with Crippen LogP contribution in [0.3, 0.4) is 0 Å². The van der Waals surface area contributed by atoms with Gasteiger partial charge in [0.15, 0.2) is 0 Å². The van der Waals surface area contributed by atoms with E-state index in [0.29, 0.717) is 36.4 Å². The maximum Gasteiger partial charge on any atom is 0.322 e. The third-order valence-corrected chi connectivity index (χ3v) is 5.41. The molecule has 1 fully saturated rings. The Morgan fingerprint density at radius 2 is 2.00 bits per heavy atom. The molecule has 1 saturated heterocycles. The van der Waals surface area contributed by atoms with Gasteiger partial charge in [-0.25, -0.2) is 13.2 Å². The van der Waals surface area contributed by atoms with Crippen molar-refractivity contribution in [3.8, 4) is 0 Å². The van der Waals surface area contributed by atoms with Crippen LogP contribution in [0.15, 0.2) is 30.6 Å². The van der Waals surface area contributed by atoms with Crippen molar-refractivity contribution in [2.45, 2.75) is 13.0 Å². The number of nitrogens with zero attached hydrogens (tertiary/aromatic N) is 4. The van der Waals surface area contributed by atoms with Crippen LogP contribution in [0, 0.1) is 0 Å². The fourth-order valence-corrected chi connectivity index (χ4v) is 4.04. The van der Waals surface area contributed by atoms with Gasteiger partial charge in [-0.15, -0.1) is 0 Å². The maximum atomic E-state index is 12.5. The lowest BCUT2D eigenvalue weighted by atomic mass is 10.2. The van der Waals surface area contributed by atoms with Gasteiger partial charge in [0, 0.05) is 38.1 Å². The molecule has 0 unspecified atom stereocenters. The fourth-order valence-electron chi connectivity index (χ4n) is 2.91. The highest BCUT2D eigenvalue weighted by Gasteiger charge is 2.31. The molecule has 1 N–H and O–H groups in total. The molecule has 2 heterocycles. The number of anilines is 1. The number of para-hydroxylation sites is 1. The number of amides is 2. The molecule has 1 atom stereocenters. The topological polar surface area (TPSA) is 95.5 Å². The highest BCUT2D eigenvalue weighted by molar-refractivity contribution is 7.88. The lowest BCUT2D eigenvalue weighted by molar-refractivity contribution is 0.157. The number of hydrogen-bond acceptors (Lipinski definition) is 5. The van der Waals surface area contributed by atoms with E-state index < -0.39 is 10.0 Å². The second kappa shape index (κ2) is 6.33. The molecule has 0 bridgehead atoms. The van der Waals surface area contributed by atoms with Gasteiger partial charge in [0.05, 0.1) is 17.5 Å². The van der Waals surface area contributed by atoms with E-state index in [1.807, 2.05) is 6.07 Å². The first kappa shape index (κ1) is 16.6. The molecule has 8 nitrogen and oxygen atoms in total. The summed E-state index contributed by atoms with van der Waals surface area (Å²) < 4.78 is 24.8. The molecular formula is C15H19N5O3S. The molecular weight excluding hydrogens is 330 g/mol. The van der Waals surface area contributed by atoms with E-state index in [1.165, 1.54) is 10.6 Å². The molecule has 2 amide bonds. The summed E-state index contributed by atoms with van der Waals surface area (Å²) >= 11 is 0. The number of hydrogen-bond donors (Lipinski definition) is 1. The second-order valence-electron chi connectivity index (χ2n) is 5.83. The minimum atomic E-state index is -3.26. The van der Waals surface area contributed by atoms with Crippen LogP contribution in [0.2, 0.25) is 0 Å². The number of fused-ring (bicyclic) bond motifs is 1. The maximum absolute atomic E-state index is 12.5. The molecule has 128 valence electrons. The van der Waals surface area contributed by atoms with Gasteiger partial charge < -0.3 is 10.2 Å². The summed E-state index contributed by atoms with van der Waals surface area (Å²) in [6, 6.07) is 4.87. The molecule has 9 heteroatoms. The van der Waals surface area contributed by atoms with Crippen molar-refractivity contribution in [1.29, 1.82) is 0 Å². The molecule has 1 aliphatic rings. The Morgan fingerprint density at radius 1 is 1.25 bits per heavy atom. The summed E-state index contributed by atoms with van der Waals surface area (Å²) in [5, 5.41) is 2.85. The number of carbonyl (C=O) groups excluding carboxylic acids is 1. The molecule has 1 aliphatic heterocycles. The third kappa shape index (κ3) is 3.31. The van der Waals surface area contributed by atoms with Gasteiger partial charge in [-0.3, -0.25) is 9.97 Å². The van der Waals surface area contributed by atoms with Gasteiger partial charge in [-0.2, -0.15) is 4.31 Å². The highest BCUT2D eigenvalue weighted by Crippen LogP contribution is 2.20. The smallest absolute Gasteiger partial charge is 0.322 e. The first-order chi connectivity index (χ1) is 11.4. The van der Waals surface area contributed by atoms with E-state index in [9.17, 15) is 13.2 Å². The molecule has 0 aliphatic carbocycles. The van der Waals surface area contributed by atoms with Crippen LogP contribution in [0.25, 0.3) is 11.0 Å². The second-order valence-corrected chi connectivity index (χ2v) is 7.76. The lowest BCUT2D eigenvalue weighted by Gasteiger charge is -2.38. The van der Waals surface area contributed by atoms with E-state index in [0.717, 1.165) is 0 Å². The molecule has 2 aromatic rings. The average molecular weight is 349 g/mol. The Balaban J connectivity index is 1.74. The zero-order valence-corrected chi connectivity index (χ0v) is 14.3. The first-order valence-electron chi connectivity index (χ1n) is 7.59. The number of piperazine rings is 1. The van der Waals surface area contributed by atoms with Crippen molar-refractivity contribution in [2.75, 3.05) is 31.2 Å². The number of nitrogens with one attached hydrogen (secondary N) is 1. The van der Waals surface area contributed by atoms with Crippen molar-refractivity contribution >= 4 is 32.8 Å². The summed E-state index contributed by atoms with van der Waals surface area (Å²) in [6.45, 7) is 2.78. The zero-order valence-electron chi connectivity index (χ0n) is 13.5. The zero-order chi connectivity index (χ0) is 17.3. The van der Waals surface area contributed by atoms with Gasteiger partial charge in [0.25, 0.3) is 0 Å². The Labute approximate surface area is 140 Å². The molecule has 3 rings (SSSR count). The standard InChI is InChI=1S/C15H19N5O3S/c1-11-10-19(8-9-20(11)24(2,22)23)15(21)18-13-5-3-4-12-14(13)17-7-6-16-12/h3-7,11H,8-10H2,1-2H3,(H,18,21)/t11-/m0/s1. The summed E-state index contributed by atoms with van der Waals surface area (Å²) in [7, 11) is -3.26. The van der Waals surface area contributed by atoms with Crippen LogP contribution in [0.5, 0.6) is 0 Å². The normalized spacial score (nSPS) is 19.4. The Hall–Kier alpha value is -2.26. The van der Waals surface area contributed by atoms with Gasteiger partial charge >= 0.3 is 6.03 Å². The van der Waals surface area contributed by atoms with Gasteiger partial charge in [0.2, 0.25) is 10.0 Å². The predicted molar refractivity (Wildman–Crippen MR) is 91.1 cm³/mol. The quantitative estimate of drug-likeness (QED) is 0.877. The largest absolute Gasteiger partial charge is 0.322 e. The van der Waals surface area contributed by atoms with Crippen LogP contribution in [0.1, 0.15) is 6.92 Å². The van der Waals surface area contributed by atoms with Crippen LogP contribution in [-0.4, -0.2) is 65.6 Å². The Bertz CT molecular complexity index is 865. The lowest BCUT2D eigenvalue weighted by Crippen LogP contribution is -2.55. The Morgan fingerprint density at radius 3 is 2.71 bits per heavy atom. The van der Waals surface area contributed by atoms with E-state index in [1.54, 1.807) is 36.4 Å². The van der Waals surface area contributed by atoms with Crippen LogP contribution < -0.4 is 5.32 Å². The molecule has 0 radical (unpaired) electrons. The Kier molecular flexibility index (Phi) is 4.37. The van der Waals surface area contributed by atoms with Crippen molar-refractivity contribution in [3.05, 3.63) is 30.6 Å². The third-order valence-electron chi connectivity index (χ3n) is 4.02. The van der Waals surface area contributed by atoms with Crippen molar-refractivity contribution in [1.82, 2.24) is 19.2 Å². The summed E-state index contributed by atoms with van der Waals surface area (Å²) in [5.74, 6) is 0. The number of sulfonamides is 1. The highest BCUT2D eigenvalue weighted by atomic mass is 32.2. The van der Waals surface area contributed by atoms with Gasteiger partial charge in [-0.1, -0.05) is 6.07 Å². The van der Waals surface area contributed by atoms with Crippen LogP contribution in [0.4, 0.5) is 10.5 Å². The SMILES string of the molecule is C[C@H]1CN(C(=O)Nc2cccc3nccnc23)CCN1S(C)(=O)=O. The summed E-state index contributed by atoms with van der Waals surface area (Å²) in [5.41, 5.74) is 1.91.